The molecule has 128 valence electrons. The van der Waals surface area contributed by atoms with Gasteiger partial charge in [0.05, 0.1) is 12.7 Å². The van der Waals surface area contributed by atoms with E-state index in [1.165, 1.54) is 11.1 Å². The molecule has 0 aromatic heterocycles. The van der Waals surface area contributed by atoms with Crippen molar-refractivity contribution in [1.82, 2.24) is 0 Å². The topological polar surface area (TPSA) is 42.0 Å². The molecule has 0 bridgehead atoms. The summed E-state index contributed by atoms with van der Waals surface area (Å²) in [4.78, 5) is 0. The van der Waals surface area contributed by atoms with Gasteiger partial charge in [-0.05, 0) is 22.6 Å². The van der Waals surface area contributed by atoms with Crippen LogP contribution in [0, 0.1) is 5.92 Å². The van der Waals surface area contributed by atoms with Gasteiger partial charge in [0, 0.05) is 13.0 Å². The van der Waals surface area contributed by atoms with Crippen molar-refractivity contribution in [3.05, 3.63) is 71.3 Å². The van der Waals surface area contributed by atoms with Crippen molar-refractivity contribution < 1.29 is 14.6 Å². The molecule has 0 amide bonds. The number of rotatable bonds is 8. The molecule has 3 unspecified atom stereocenters. The number of hydrogen-bond acceptors (Lipinski definition) is 3. The summed E-state index contributed by atoms with van der Waals surface area (Å²) in [6.07, 6.45) is 0.729. The number of epoxide rings is 1. The van der Waals surface area contributed by atoms with E-state index in [4.69, 9.17) is 9.47 Å². The summed E-state index contributed by atoms with van der Waals surface area (Å²) in [5, 5.41) is 10.3. The van der Waals surface area contributed by atoms with Gasteiger partial charge in [-0.25, -0.2) is 0 Å². The molecule has 1 N–H and O–H groups in total. The smallest absolute Gasteiger partial charge is 0.109 e. The van der Waals surface area contributed by atoms with E-state index >= 15 is 0 Å². The second-order valence-corrected chi connectivity index (χ2v) is 6.90. The highest BCUT2D eigenvalue weighted by Gasteiger charge is 2.39. The van der Waals surface area contributed by atoms with E-state index in [9.17, 15) is 5.11 Å². The van der Waals surface area contributed by atoms with Gasteiger partial charge >= 0.3 is 0 Å². The van der Waals surface area contributed by atoms with E-state index < -0.39 is 6.10 Å². The normalized spacial score (nSPS) is 21.0. The van der Waals surface area contributed by atoms with Gasteiger partial charge < -0.3 is 14.6 Å². The molecule has 3 nitrogen and oxygen atoms in total. The van der Waals surface area contributed by atoms with E-state index in [-0.39, 0.29) is 12.2 Å². The minimum Gasteiger partial charge on any atom is -0.386 e. The van der Waals surface area contributed by atoms with Crippen LogP contribution in [-0.2, 0) is 15.9 Å². The minimum atomic E-state index is -0.575. The van der Waals surface area contributed by atoms with Gasteiger partial charge in [0.25, 0.3) is 0 Å². The Balaban J connectivity index is 1.54. The van der Waals surface area contributed by atoms with Crippen molar-refractivity contribution in [2.24, 2.45) is 5.92 Å². The molecule has 0 radical (unpaired) electrons. The summed E-state index contributed by atoms with van der Waals surface area (Å²) in [7, 11) is 0. The van der Waals surface area contributed by atoms with Crippen molar-refractivity contribution in [2.75, 3.05) is 13.2 Å². The predicted molar refractivity (Wildman–Crippen MR) is 94.8 cm³/mol. The molecule has 2 aromatic rings. The molecule has 0 aliphatic carbocycles. The van der Waals surface area contributed by atoms with Crippen molar-refractivity contribution in [2.45, 2.75) is 38.6 Å². The molecule has 1 fully saturated rings. The predicted octanol–water partition coefficient (Wildman–Crippen LogP) is 4.08. The maximum absolute atomic E-state index is 10.3. The Morgan fingerprint density at radius 2 is 1.83 bits per heavy atom. The Hall–Kier alpha value is -1.68. The lowest BCUT2D eigenvalue weighted by atomic mass is 10.0. The van der Waals surface area contributed by atoms with Crippen LogP contribution in [-0.4, -0.2) is 24.4 Å². The zero-order chi connectivity index (χ0) is 16.9. The first-order chi connectivity index (χ1) is 11.6. The Bertz CT molecular complexity index is 639. The third-order valence-corrected chi connectivity index (χ3v) is 4.21. The van der Waals surface area contributed by atoms with Crippen LogP contribution in [0.5, 0.6) is 0 Å². The first-order valence-electron chi connectivity index (χ1n) is 8.68. The van der Waals surface area contributed by atoms with Crippen LogP contribution >= 0.6 is 0 Å². The molecule has 0 spiro atoms. The zero-order valence-electron chi connectivity index (χ0n) is 14.4. The number of benzene rings is 2. The van der Waals surface area contributed by atoms with Crippen LogP contribution in [0.4, 0.5) is 0 Å². The molecule has 2 aromatic carbocycles. The first-order valence-corrected chi connectivity index (χ1v) is 8.68. The van der Waals surface area contributed by atoms with Crippen molar-refractivity contribution in [1.29, 1.82) is 0 Å². The van der Waals surface area contributed by atoms with Gasteiger partial charge in [-0.1, -0.05) is 68.4 Å². The molecule has 24 heavy (non-hydrogen) atoms. The Morgan fingerprint density at radius 3 is 2.58 bits per heavy atom. The summed E-state index contributed by atoms with van der Waals surface area (Å²) in [5.74, 6) is 0.477. The lowest BCUT2D eigenvalue weighted by Gasteiger charge is -2.14. The minimum absolute atomic E-state index is 0.203. The summed E-state index contributed by atoms with van der Waals surface area (Å²) in [6, 6.07) is 18.4. The van der Waals surface area contributed by atoms with Crippen molar-refractivity contribution in [3.8, 4) is 0 Å². The largest absolute Gasteiger partial charge is 0.386 e. The van der Waals surface area contributed by atoms with Crippen LogP contribution in [0.25, 0.3) is 0 Å². The highest BCUT2D eigenvalue weighted by molar-refractivity contribution is 5.28. The zero-order valence-corrected chi connectivity index (χ0v) is 14.4. The summed E-state index contributed by atoms with van der Waals surface area (Å²) in [6.45, 7) is 5.22. The lowest BCUT2D eigenvalue weighted by molar-refractivity contribution is 0.0249. The van der Waals surface area contributed by atoms with Gasteiger partial charge in [-0.15, -0.1) is 0 Å². The van der Waals surface area contributed by atoms with Gasteiger partial charge in [-0.2, -0.15) is 0 Å². The Morgan fingerprint density at radius 1 is 1.04 bits per heavy atom. The molecule has 1 aliphatic heterocycles. The molecule has 3 rings (SSSR count). The summed E-state index contributed by atoms with van der Waals surface area (Å²) < 4.78 is 11.4. The van der Waals surface area contributed by atoms with Gasteiger partial charge in [0.15, 0.2) is 0 Å². The van der Waals surface area contributed by atoms with Crippen LogP contribution in [0.3, 0.4) is 0 Å². The second kappa shape index (κ2) is 7.93. The number of aliphatic hydroxyl groups excluding tert-OH is 1. The highest BCUT2D eigenvalue weighted by Crippen LogP contribution is 2.40. The van der Waals surface area contributed by atoms with Gasteiger partial charge in [0.1, 0.15) is 12.2 Å². The van der Waals surface area contributed by atoms with Crippen molar-refractivity contribution in [3.63, 3.8) is 0 Å². The monoisotopic (exact) mass is 326 g/mol. The summed E-state index contributed by atoms with van der Waals surface area (Å²) in [5.41, 5.74) is 3.34. The van der Waals surface area contributed by atoms with Crippen LogP contribution in [0.2, 0.25) is 0 Å². The van der Waals surface area contributed by atoms with E-state index in [0.29, 0.717) is 19.1 Å². The van der Waals surface area contributed by atoms with E-state index in [0.717, 1.165) is 12.0 Å². The average molecular weight is 326 g/mol. The second-order valence-electron chi connectivity index (χ2n) is 6.90. The third-order valence-electron chi connectivity index (χ3n) is 4.21. The average Bonchev–Trinajstić information content (AvgIpc) is 3.34. The standard InChI is InChI=1S/C21H26O3/c1-15(2)13-23-14-19(22)18-10-6-7-16(11-18)12-20-21(24-20)17-8-4-3-5-9-17/h3-11,15,19-22H,12-14H2,1-2H3. The molecular formula is C21H26O3. The molecular weight excluding hydrogens is 300 g/mol. The summed E-state index contributed by atoms with van der Waals surface area (Å²) >= 11 is 0. The number of aliphatic hydroxyl groups is 1. The Kier molecular flexibility index (Phi) is 5.67. The van der Waals surface area contributed by atoms with Crippen LogP contribution < -0.4 is 0 Å². The molecule has 3 heteroatoms. The fourth-order valence-corrected chi connectivity index (χ4v) is 2.91. The molecule has 1 heterocycles. The van der Waals surface area contributed by atoms with E-state index in [2.05, 4.69) is 38.1 Å². The number of ether oxygens (including phenoxy) is 2. The SMILES string of the molecule is CC(C)COCC(O)c1cccc(CC2OC2c2ccccc2)c1. The van der Waals surface area contributed by atoms with E-state index in [1.807, 2.05) is 30.3 Å². The van der Waals surface area contributed by atoms with E-state index in [1.54, 1.807) is 0 Å². The molecule has 3 atom stereocenters. The van der Waals surface area contributed by atoms with Gasteiger partial charge in [-0.3, -0.25) is 0 Å². The fourth-order valence-electron chi connectivity index (χ4n) is 2.91. The lowest BCUT2D eigenvalue weighted by Crippen LogP contribution is -2.11. The van der Waals surface area contributed by atoms with Gasteiger partial charge in [0.2, 0.25) is 0 Å². The fraction of sp³-hybridized carbons (Fsp3) is 0.429. The quantitative estimate of drug-likeness (QED) is 0.743. The maximum Gasteiger partial charge on any atom is 0.109 e. The maximum atomic E-state index is 10.3. The van der Waals surface area contributed by atoms with Crippen molar-refractivity contribution >= 4 is 0 Å². The van der Waals surface area contributed by atoms with Crippen LogP contribution in [0.1, 0.15) is 42.7 Å². The molecule has 1 aliphatic rings. The third kappa shape index (κ3) is 4.67. The highest BCUT2D eigenvalue weighted by atomic mass is 16.6. The molecule has 0 saturated carbocycles. The van der Waals surface area contributed by atoms with Crippen LogP contribution in [0.15, 0.2) is 54.6 Å². The molecule has 1 saturated heterocycles. The number of hydrogen-bond donors (Lipinski definition) is 1. The first kappa shape index (κ1) is 17.2. The Labute approximate surface area is 144 Å².